The molecule has 0 aliphatic carbocycles. The van der Waals surface area contributed by atoms with E-state index in [1.165, 1.54) is 30.5 Å². The van der Waals surface area contributed by atoms with Crippen molar-refractivity contribution in [2.45, 2.75) is 38.7 Å². The molecule has 0 spiro atoms. The predicted molar refractivity (Wildman–Crippen MR) is 80.2 cm³/mol. The van der Waals surface area contributed by atoms with Gasteiger partial charge in [-0.25, -0.2) is 0 Å². The smallest absolute Gasteiger partial charge is 0.123 e. The molecule has 0 radical (unpaired) electrons. The first kappa shape index (κ1) is 13.9. The number of hydrogen-bond acceptors (Lipinski definition) is 3. The zero-order valence-electron chi connectivity index (χ0n) is 12.3. The zero-order chi connectivity index (χ0) is 13.9. The van der Waals surface area contributed by atoms with Gasteiger partial charge >= 0.3 is 0 Å². The maximum Gasteiger partial charge on any atom is 0.123 e. The highest BCUT2D eigenvalue weighted by Crippen LogP contribution is 2.30. The lowest BCUT2D eigenvalue weighted by molar-refractivity contribution is 0.101. The average molecular weight is 275 g/mol. The van der Waals surface area contributed by atoms with Crippen LogP contribution in [0.5, 0.6) is 5.75 Å². The van der Waals surface area contributed by atoms with Crippen molar-refractivity contribution in [3.05, 3.63) is 29.3 Å². The van der Waals surface area contributed by atoms with E-state index in [1.807, 2.05) is 0 Å². The van der Waals surface area contributed by atoms with Gasteiger partial charge in [0.1, 0.15) is 11.9 Å². The van der Waals surface area contributed by atoms with Crippen LogP contribution in [-0.2, 0) is 6.42 Å². The van der Waals surface area contributed by atoms with E-state index in [9.17, 15) is 0 Å². The molecule has 1 saturated heterocycles. The van der Waals surface area contributed by atoms with E-state index in [1.54, 1.807) is 0 Å². The Morgan fingerprint density at radius 1 is 1.40 bits per heavy atom. The van der Waals surface area contributed by atoms with Crippen molar-refractivity contribution in [3.8, 4) is 5.75 Å². The fraction of sp³-hybridized carbons (Fsp3) is 0.647. The Labute approximate surface area is 121 Å². The number of rotatable bonds is 4. The Morgan fingerprint density at radius 3 is 3.15 bits per heavy atom. The van der Waals surface area contributed by atoms with Gasteiger partial charge in [0, 0.05) is 26.1 Å². The summed E-state index contributed by atoms with van der Waals surface area (Å²) in [5.41, 5.74) is 2.67. The van der Waals surface area contributed by atoms with E-state index in [-0.39, 0.29) is 0 Å². The number of aliphatic hydroxyl groups is 1. The molecule has 1 aromatic rings. The third-order valence-electron chi connectivity index (χ3n) is 4.56. The van der Waals surface area contributed by atoms with Crippen molar-refractivity contribution >= 4 is 0 Å². The van der Waals surface area contributed by atoms with Crippen molar-refractivity contribution in [2.75, 3.05) is 26.2 Å². The number of aliphatic hydroxyl groups excluding tert-OH is 1. The number of nitrogens with zero attached hydrogens (tertiary/aromatic N) is 1. The number of hydrogen-bond donors (Lipinski definition) is 1. The van der Waals surface area contributed by atoms with Crippen molar-refractivity contribution in [3.63, 3.8) is 0 Å². The fourth-order valence-corrected chi connectivity index (χ4v) is 3.57. The largest absolute Gasteiger partial charge is 0.488 e. The summed E-state index contributed by atoms with van der Waals surface area (Å²) in [5.74, 6) is 1.74. The Balaban J connectivity index is 1.55. The zero-order valence-corrected chi connectivity index (χ0v) is 12.3. The number of benzene rings is 1. The van der Waals surface area contributed by atoms with Crippen LogP contribution < -0.4 is 4.74 Å². The van der Waals surface area contributed by atoms with Crippen LogP contribution in [0.15, 0.2) is 18.2 Å². The molecule has 3 rings (SSSR count). The number of likely N-dealkylation sites (tertiary alicyclic amines) is 1. The van der Waals surface area contributed by atoms with Crippen LogP contribution in [0.1, 0.15) is 30.4 Å². The minimum atomic E-state index is 0.305. The first-order valence-electron chi connectivity index (χ1n) is 7.84. The molecule has 0 saturated carbocycles. The average Bonchev–Trinajstić information content (AvgIpc) is 2.81. The summed E-state index contributed by atoms with van der Waals surface area (Å²) < 4.78 is 6.07. The van der Waals surface area contributed by atoms with Crippen molar-refractivity contribution in [1.29, 1.82) is 0 Å². The van der Waals surface area contributed by atoms with Gasteiger partial charge in [0.15, 0.2) is 0 Å². The van der Waals surface area contributed by atoms with Gasteiger partial charge in [-0.2, -0.15) is 0 Å². The minimum absolute atomic E-state index is 0.305. The van der Waals surface area contributed by atoms with Crippen LogP contribution in [0.25, 0.3) is 0 Å². The molecular formula is C17H25NO2. The van der Waals surface area contributed by atoms with Gasteiger partial charge < -0.3 is 9.84 Å². The number of piperidine rings is 1. The highest BCUT2D eigenvalue weighted by Gasteiger charge is 2.27. The van der Waals surface area contributed by atoms with Gasteiger partial charge in [-0.15, -0.1) is 0 Å². The highest BCUT2D eigenvalue weighted by atomic mass is 16.5. The molecule has 1 N–H and O–H groups in total. The molecule has 0 bridgehead atoms. The second-order valence-corrected chi connectivity index (χ2v) is 6.34. The van der Waals surface area contributed by atoms with Crippen molar-refractivity contribution in [2.24, 2.45) is 5.92 Å². The van der Waals surface area contributed by atoms with E-state index in [0.29, 0.717) is 18.6 Å². The van der Waals surface area contributed by atoms with Crippen LogP contribution in [0.4, 0.5) is 0 Å². The molecular weight excluding hydrogens is 250 g/mol. The molecule has 3 heteroatoms. The third kappa shape index (κ3) is 3.15. The lowest BCUT2D eigenvalue weighted by Gasteiger charge is -2.33. The molecule has 110 valence electrons. The van der Waals surface area contributed by atoms with Gasteiger partial charge in [-0.1, -0.05) is 17.7 Å². The van der Waals surface area contributed by atoms with Gasteiger partial charge in [0.2, 0.25) is 0 Å². The van der Waals surface area contributed by atoms with Crippen LogP contribution in [0, 0.1) is 12.8 Å². The first-order valence-corrected chi connectivity index (χ1v) is 7.84. The summed E-state index contributed by atoms with van der Waals surface area (Å²) in [7, 11) is 0. The molecule has 3 nitrogen and oxygen atoms in total. The normalized spacial score (nSPS) is 26.3. The third-order valence-corrected chi connectivity index (χ3v) is 4.56. The number of fused-ring (bicyclic) bond motifs is 1. The fourth-order valence-electron chi connectivity index (χ4n) is 3.57. The number of aryl methyl sites for hydroxylation is 1. The second kappa shape index (κ2) is 6.15. The summed E-state index contributed by atoms with van der Waals surface area (Å²) >= 11 is 0. The maximum absolute atomic E-state index is 9.09. The summed E-state index contributed by atoms with van der Waals surface area (Å²) in [4.78, 5) is 2.52. The molecule has 2 atom stereocenters. The molecule has 0 aromatic heterocycles. The standard InChI is InChI=1S/C17H25NO2/c1-13-4-5-17-15(9-13)10-16(20-17)12-18-7-2-3-14(11-18)6-8-19/h4-5,9,14,16,19H,2-3,6-8,10-12H2,1H3. The van der Waals surface area contributed by atoms with Crippen molar-refractivity contribution in [1.82, 2.24) is 4.90 Å². The molecule has 2 heterocycles. The Kier molecular flexibility index (Phi) is 4.27. The molecule has 1 fully saturated rings. The Bertz CT molecular complexity index is 458. The first-order chi connectivity index (χ1) is 9.74. The summed E-state index contributed by atoms with van der Waals surface area (Å²) in [6, 6.07) is 6.48. The molecule has 1 aromatic carbocycles. The topological polar surface area (TPSA) is 32.7 Å². The van der Waals surface area contributed by atoms with Crippen LogP contribution in [0.2, 0.25) is 0 Å². The second-order valence-electron chi connectivity index (χ2n) is 6.34. The van der Waals surface area contributed by atoms with Crippen LogP contribution >= 0.6 is 0 Å². The Hall–Kier alpha value is -1.06. The van der Waals surface area contributed by atoms with E-state index in [2.05, 4.69) is 30.0 Å². The van der Waals surface area contributed by atoms with Crippen LogP contribution in [0.3, 0.4) is 0 Å². The lowest BCUT2D eigenvalue weighted by Crippen LogP contribution is -2.41. The van der Waals surface area contributed by atoms with Crippen molar-refractivity contribution < 1.29 is 9.84 Å². The number of ether oxygens (including phenoxy) is 1. The summed E-state index contributed by atoms with van der Waals surface area (Å²) in [6.45, 7) is 5.78. The summed E-state index contributed by atoms with van der Waals surface area (Å²) in [5, 5.41) is 9.09. The quantitative estimate of drug-likeness (QED) is 0.916. The molecule has 2 aliphatic rings. The summed E-state index contributed by atoms with van der Waals surface area (Å²) in [6.07, 6.45) is 4.81. The minimum Gasteiger partial charge on any atom is -0.488 e. The van der Waals surface area contributed by atoms with Crippen LogP contribution in [-0.4, -0.2) is 42.4 Å². The van der Waals surface area contributed by atoms with E-state index < -0.39 is 0 Å². The highest BCUT2D eigenvalue weighted by molar-refractivity contribution is 5.40. The van der Waals surface area contributed by atoms with Gasteiger partial charge in [0.25, 0.3) is 0 Å². The predicted octanol–water partition coefficient (Wildman–Crippen LogP) is 2.39. The molecule has 2 aliphatic heterocycles. The van der Waals surface area contributed by atoms with Gasteiger partial charge in [0.05, 0.1) is 0 Å². The van der Waals surface area contributed by atoms with E-state index in [0.717, 1.165) is 31.7 Å². The molecule has 2 unspecified atom stereocenters. The van der Waals surface area contributed by atoms with Gasteiger partial charge in [-0.05, 0) is 50.3 Å². The molecule has 20 heavy (non-hydrogen) atoms. The maximum atomic E-state index is 9.09. The molecule has 0 amide bonds. The van der Waals surface area contributed by atoms with E-state index >= 15 is 0 Å². The van der Waals surface area contributed by atoms with E-state index in [4.69, 9.17) is 9.84 Å². The lowest BCUT2D eigenvalue weighted by atomic mass is 9.95. The SMILES string of the molecule is Cc1ccc2c(c1)CC(CN1CCCC(CCO)C1)O2. The Morgan fingerprint density at radius 2 is 2.30 bits per heavy atom. The monoisotopic (exact) mass is 275 g/mol. The van der Waals surface area contributed by atoms with Gasteiger partial charge in [-0.3, -0.25) is 4.90 Å².